The van der Waals surface area contributed by atoms with Gasteiger partial charge in [0.05, 0.1) is 0 Å². The second-order valence-electron chi connectivity index (χ2n) is 6.99. The van der Waals surface area contributed by atoms with Crippen molar-refractivity contribution in [3.8, 4) is 0 Å². The summed E-state index contributed by atoms with van der Waals surface area (Å²) in [5.41, 5.74) is 2.05. The number of piperazine rings is 1. The predicted octanol–water partition coefficient (Wildman–Crippen LogP) is 1.97. The van der Waals surface area contributed by atoms with Crippen molar-refractivity contribution in [1.29, 1.82) is 0 Å². The molecule has 1 fully saturated rings. The molecule has 0 amide bonds. The van der Waals surface area contributed by atoms with E-state index in [2.05, 4.69) is 4.98 Å². The van der Waals surface area contributed by atoms with E-state index >= 15 is 0 Å². The van der Waals surface area contributed by atoms with E-state index < -0.39 is 17.6 Å². The lowest BCUT2D eigenvalue weighted by atomic mass is 9.84. The fraction of sp³-hybridized carbons (Fsp3) is 0.238. The summed E-state index contributed by atoms with van der Waals surface area (Å²) in [6.45, 7) is 2.05. The predicted molar refractivity (Wildman–Crippen MR) is 102 cm³/mol. The number of carbonyl (C=O) groups is 3. The Morgan fingerprint density at radius 3 is 2.25 bits per heavy atom. The van der Waals surface area contributed by atoms with E-state index in [0.29, 0.717) is 37.8 Å². The van der Waals surface area contributed by atoms with Gasteiger partial charge in [-0.05, 0) is 12.1 Å². The maximum atomic E-state index is 12.9. The number of carbonyl (C=O) groups excluding carboxylic acids is 3. The van der Waals surface area contributed by atoms with Gasteiger partial charge in [0.2, 0.25) is 11.6 Å². The highest BCUT2D eigenvalue weighted by atomic mass is 16.4. The van der Waals surface area contributed by atoms with Gasteiger partial charge in [0.15, 0.2) is 11.4 Å². The van der Waals surface area contributed by atoms with Crippen molar-refractivity contribution in [3.63, 3.8) is 0 Å². The number of fused-ring (bicyclic) bond motifs is 2. The molecule has 1 atom stereocenters. The van der Waals surface area contributed by atoms with Crippen LogP contribution in [0.4, 0.5) is 6.01 Å². The maximum absolute atomic E-state index is 12.9. The first-order valence-electron chi connectivity index (χ1n) is 9.20. The van der Waals surface area contributed by atoms with Crippen molar-refractivity contribution in [2.75, 3.05) is 31.1 Å². The molecule has 1 saturated heterocycles. The number of rotatable bonds is 2. The molecule has 0 spiro atoms. The van der Waals surface area contributed by atoms with Crippen molar-refractivity contribution in [2.24, 2.45) is 0 Å². The number of benzene rings is 2. The van der Waals surface area contributed by atoms with Gasteiger partial charge >= 0.3 is 0 Å². The minimum Gasteiger partial charge on any atom is -0.423 e. The normalized spacial score (nSPS) is 20.6. The van der Waals surface area contributed by atoms with E-state index in [9.17, 15) is 14.4 Å². The Labute approximate surface area is 160 Å². The van der Waals surface area contributed by atoms with Gasteiger partial charge in [0.1, 0.15) is 11.6 Å². The number of anilines is 1. The first-order valence-corrected chi connectivity index (χ1v) is 9.20. The second-order valence-corrected chi connectivity index (χ2v) is 6.99. The van der Waals surface area contributed by atoms with Crippen LogP contribution in [0.2, 0.25) is 0 Å². The largest absolute Gasteiger partial charge is 0.423 e. The summed E-state index contributed by atoms with van der Waals surface area (Å²) in [6.07, 6.45) is 0. The summed E-state index contributed by atoms with van der Waals surface area (Å²) in [7, 11) is 0. The Balaban J connectivity index is 1.36. The zero-order chi connectivity index (χ0) is 19.3. The van der Waals surface area contributed by atoms with Crippen LogP contribution in [0, 0.1) is 0 Å². The van der Waals surface area contributed by atoms with E-state index in [-0.39, 0.29) is 11.3 Å². The lowest BCUT2D eigenvalue weighted by molar-refractivity contribution is -0.118. The average Bonchev–Trinajstić information content (AvgIpc) is 3.17. The molecule has 140 valence electrons. The van der Waals surface area contributed by atoms with Crippen LogP contribution in [0.25, 0.3) is 11.1 Å². The quantitative estimate of drug-likeness (QED) is 0.500. The highest BCUT2D eigenvalue weighted by Gasteiger charge is 2.44. The third kappa shape index (κ3) is 2.55. The van der Waals surface area contributed by atoms with E-state index in [1.54, 1.807) is 23.1 Å². The highest BCUT2D eigenvalue weighted by molar-refractivity contribution is 6.53. The number of Topliss-reactive ketones (excluding diaryl/α,β-unsaturated/α-hetero) is 3. The van der Waals surface area contributed by atoms with E-state index in [0.717, 1.165) is 11.1 Å². The Bertz CT molecular complexity index is 1080. The van der Waals surface area contributed by atoms with E-state index in [1.807, 2.05) is 29.2 Å². The standard InChI is InChI=1S/C21H17N3O4/c25-18-13-5-1-2-6-14(13)19(26)20(27)17(18)23-9-11-24(12-10-23)21-22-15-7-3-4-8-16(15)28-21/h1-8,17H,9-12H2. The molecular formula is C21H17N3O4. The number of hydrogen-bond acceptors (Lipinski definition) is 7. The van der Waals surface area contributed by atoms with Crippen LogP contribution < -0.4 is 4.90 Å². The molecule has 0 bridgehead atoms. The molecule has 2 aliphatic rings. The van der Waals surface area contributed by atoms with Gasteiger partial charge in [-0.1, -0.05) is 36.4 Å². The van der Waals surface area contributed by atoms with Crippen LogP contribution in [-0.4, -0.2) is 59.5 Å². The topological polar surface area (TPSA) is 83.7 Å². The van der Waals surface area contributed by atoms with Gasteiger partial charge in [0.25, 0.3) is 6.01 Å². The van der Waals surface area contributed by atoms with Crippen LogP contribution in [0.15, 0.2) is 52.9 Å². The first kappa shape index (κ1) is 16.8. The Morgan fingerprint density at radius 1 is 0.821 bits per heavy atom. The van der Waals surface area contributed by atoms with Gasteiger partial charge in [-0.2, -0.15) is 4.98 Å². The van der Waals surface area contributed by atoms with E-state index in [1.165, 1.54) is 6.07 Å². The molecule has 7 heteroatoms. The van der Waals surface area contributed by atoms with Crippen molar-refractivity contribution in [1.82, 2.24) is 9.88 Å². The summed E-state index contributed by atoms with van der Waals surface area (Å²) in [5.74, 6) is -1.52. The summed E-state index contributed by atoms with van der Waals surface area (Å²) < 4.78 is 5.80. The molecule has 1 aromatic heterocycles. The fourth-order valence-corrected chi connectivity index (χ4v) is 3.92. The van der Waals surface area contributed by atoms with Crippen LogP contribution in [0.3, 0.4) is 0 Å². The molecule has 28 heavy (non-hydrogen) atoms. The minimum atomic E-state index is -1.03. The third-order valence-corrected chi connectivity index (χ3v) is 5.39. The minimum absolute atomic E-state index is 0.207. The first-order chi connectivity index (χ1) is 13.6. The molecular weight excluding hydrogens is 358 g/mol. The second kappa shape index (κ2) is 6.38. The van der Waals surface area contributed by atoms with Crippen LogP contribution in [0.5, 0.6) is 0 Å². The van der Waals surface area contributed by atoms with Crippen molar-refractivity contribution < 1.29 is 18.8 Å². The number of para-hydroxylation sites is 2. The SMILES string of the molecule is O=C1C(=O)C(N2CCN(c3nc4ccccc4o3)CC2)C(=O)c2ccccc21. The smallest absolute Gasteiger partial charge is 0.298 e. The molecule has 0 radical (unpaired) electrons. The van der Waals surface area contributed by atoms with Crippen molar-refractivity contribution in [2.45, 2.75) is 6.04 Å². The van der Waals surface area contributed by atoms with E-state index in [4.69, 9.17) is 4.42 Å². The Morgan fingerprint density at radius 2 is 1.50 bits per heavy atom. The highest BCUT2D eigenvalue weighted by Crippen LogP contribution is 2.26. The summed E-state index contributed by atoms with van der Waals surface area (Å²) in [5, 5.41) is 0. The monoisotopic (exact) mass is 375 g/mol. The van der Waals surface area contributed by atoms with Gasteiger partial charge < -0.3 is 9.32 Å². The number of ketones is 3. The van der Waals surface area contributed by atoms with Gasteiger partial charge in [-0.25, -0.2) is 0 Å². The van der Waals surface area contributed by atoms with Crippen LogP contribution in [0.1, 0.15) is 20.7 Å². The molecule has 3 aromatic rings. The van der Waals surface area contributed by atoms with Crippen molar-refractivity contribution in [3.05, 3.63) is 59.7 Å². The number of hydrogen-bond donors (Lipinski definition) is 0. The Kier molecular flexibility index (Phi) is 3.84. The van der Waals surface area contributed by atoms with Crippen LogP contribution in [-0.2, 0) is 4.79 Å². The molecule has 5 rings (SSSR count). The molecule has 1 aliphatic heterocycles. The molecule has 0 saturated carbocycles. The molecule has 2 heterocycles. The zero-order valence-corrected chi connectivity index (χ0v) is 15.0. The van der Waals surface area contributed by atoms with Gasteiger partial charge in [0, 0.05) is 37.3 Å². The third-order valence-electron chi connectivity index (χ3n) is 5.39. The average molecular weight is 375 g/mol. The number of oxazole rings is 1. The van der Waals surface area contributed by atoms with Crippen molar-refractivity contribution >= 4 is 34.5 Å². The molecule has 1 unspecified atom stereocenters. The van der Waals surface area contributed by atoms with Crippen LogP contribution >= 0.6 is 0 Å². The number of aromatic nitrogens is 1. The lowest BCUT2D eigenvalue weighted by Crippen LogP contribution is -2.58. The zero-order valence-electron chi connectivity index (χ0n) is 15.0. The summed E-state index contributed by atoms with van der Waals surface area (Å²) in [6, 6.07) is 13.6. The fourth-order valence-electron chi connectivity index (χ4n) is 3.92. The lowest BCUT2D eigenvalue weighted by Gasteiger charge is -2.38. The maximum Gasteiger partial charge on any atom is 0.298 e. The molecule has 7 nitrogen and oxygen atoms in total. The van der Waals surface area contributed by atoms with Gasteiger partial charge in [-0.15, -0.1) is 0 Å². The summed E-state index contributed by atoms with van der Waals surface area (Å²) >= 11 is 0. The van der Waals surface area contributed by atoms with Gasteiger partial charge in [-0.3, -0.25) is 19.3 Å². The molecule has 2 aromatic carbocycles. The summed E-state index contributed by atoms with van der Waals surface area (Å²) in [4.78, 5) is 46.2. The molecule has 1 aliphatic carbocycles. The number of nitrogens with zero attached hydrogens (tertiary/aromatic N) is 3. The molecule has 0 N–H and O–H groups in total. The Hall–Kier alpha value is -3.32.